The summed E-state index contributed by atoms with van der Waals surface area (Å²) in [5.41, 5.74) is 3.39. The molecule has 0 aromatic heterocycles. The molecular weight excluding hydrogens is 442 g/mol. The first-order chi connectivity index (χ1) is 16.6. The molecular formula is C29H27NO3S. The monoisotopic (exact) mass is 469 g/mol. The number of hydrogen-bond acceptors (Lipinski definition) is 4. The number of rotatable bonds is 9. The minimum Gasteiger partial charge on any atom is -0.494 e. The van der Waals surface area contributed by atoms with Gasteiger partial charge in [-0.2, -0.15) is 0 Å². The number of thioether (sulfide) groups is 1. The van der Waals surface area contributed by atoms with E-state index in [-0.39, 0.29) is 5.91 Å². The lowest BCUT2D eigenvalue weighted by Crippen LogP contribution is -2.13. The molecule has 0 radical (unpaired) electrons. The highest BCUT2D eigenvalue weighted by molar-refractivity contribution is 7.98. The van der Waals surface area contributed by atoms with Gasteiger partial charge in [0.25, 0.3) is 5.91 Å². The van der Waals surface area contributed by atoms with Crippen molar-refractivity contribution in [3.8, 4) is 17.2 Å². The number of carbonyl (C=O) groups excluding carboxylic acids is 1. The van der Waals surface area contributed by atoms with E-state index < -0.39 is 0 Å². The molecule has 0 saturated carbocycles. The molecule has 4 rings (SSSR count). The molecule has 0 fully saturated rings. The fourth-order valence-electron chi connectivity index (χ4n) is 3.39. The fraction of sp³-hybridized carbons (Fsp3) is 0.138. The first-order valence-corrected chi connectivity index (χ1v) is 12.2. The number of benzene rings is 4. The van der Waals surface area contributed by atoms with Crippen molar-refractivity contribution < 1.29 is 14.3 Å². The zero-order chi connectivity index (χ0) is 23.8. The summed E-state index contributed by atoms with van der Waals surface area (Å²) in [4.78, 5) is 14.3. The lowest BCUT2D eigenvalue weighted by Gasteiger charge is -2.14. The van der Waals surface area contributed by atoms with Crippen molar-refractivity contribution >= 4 is 23.4 Å². The molecule has 0 saturated heterocycles. The molecule has 0 atom stereocenters. The minimum atomic E-state index is -0.200. The van der Waals surface area contributed by atoms with Gasteiger partial charge in [0.15, 0.2) is 5.75 Å². The molecule has 5 heteroatoms. The molecule has 0 spiro atoms. The topological polar surface area (TPSA) is 47.6 Å². The summed E-state index contributed by atoms with van der Waals surface area (Å²) in [5.74, 6) is 2.59. The normalized spacial score (nSPS) is 10.5. The Bertz CT molecular complexity index is 1240. The van der Waals surface area contributed by atoms with Gasteiger partial charge >= 0.3 is 0 Å². The van der Waals surface area contributed by atoms with E-state index >= 15 is 0 Å². The molecule has 0 bridgehead atoms. The van der Waals surface area contributed by atoms with Gasteiger partial charge in [0.1, 0.15) is 11.5 Å². The van der Waals surface area contributed by atoms with Crippen molar-refractivity contribution in [3.63, 3.8) is 0 Å². The maximum absolute atomic E-state index is 13.1. The van der Waals surface area contributed by atoms with E-state index in [0.29, 0.717) is 35.1 Å². The zero-order valence-corrected chi connectivity index (χ0v) is 20.1. The highest BCUT2D eigenvalue weighted by Gasteiger charge is 2.14. The van der Waals surface area contributed by atoms with Crippen LogP contribution in [0.2, 0.25) is 0 Å². The minimum absolute atomic E-state index is 0.200. The average Bonchev–Trinajstić information content (AvgIpc) is 2.86. The smallest absolute Gasteiger partial charge is 0.255 e. The van der Waals surface area contributed by atoms with Crippen LogP contribution in [0.1, 0.15) is 28.4 Å². The second kappa shape index (κ2) is 11.4. The quantitative estimate of drug-likeness (QED) is 0.255. The van der Waals surface area contributed by atoms with Gasteiger partial charge in [-0.1, -0.05) is 48.0 Å². The van der Waals surface area contributed by atoms with E-state index in [1.165, 1.54) is 10.5 Å². The maximum Gasteiger partial charge on any atom is 0.255 e. The number of carbonyl (C=O) groups is 1. The summed E-state index contributed by atoms with van der Waals surface area (Å²) in [6.45, 7) is 4.60. The van der Waals surface area contributed by atoms with E-state index in [4.69, 9.17) is 9.47 Å². The van der Waals surface area contributed by atoms with Gasteiger partial charge < -0.3 is 14.8 Å². The van der Waals surface area contributed by atoms with Gasteiger partial charge in [-0.3, -0.25) is 4.79 Å². The summed E-state index contributed by atoms with van der Waals surface area (Å²) < 4.78 is 11.8. The third-order valence-electron chi connectivity index (χ3n) is 5.14. The van der Waals surface area contributed by atoms with Crippen LogP contribution in [0.5, 0.6) is 17.2 Å². The Labute approximate surface area is 204 Å². The van der Waals surface area contributed by atoms with Crippen molar-refractivity contribution in [2.24, 2.45) is 0 Å². The molecule has 0 aliphatic heterocycles. The largest absolute Gasteiger partial charge is 0.494 e. The maximum atomic E-state index is 13.1. The predicted molar refractivity (Wildman–Crippen MR) is 139 cm³/mol. The average molecular weight is 470 g/mol. The lowest BCUT2D eigenvalue weighted by molar-refractivity contribution is 0.102. The number of ether oxygens (including phenoxy) is 2. The van der Waals surface area contributed by atoms with Gasteiger partial charge in [-0.15, -0.1) is 11.8 Å². The van der Waals surface area contributed by atoms with Crippen molar-refractivity contribution in [2.45, 2.75) is 24.5 Å². The molecule has 4 nitrogen and oxygen atoms in total. The molecule has 0 aliphatic rings. The van der Waals surface area contributed by atoms with Gasteiger partial charge in [0, 0.05) is 21.8 Å². The van der Waals surface area contributed by atoms with Crippen LogP contribution < -0.4 is 14.8 Å². The van der Waals surface area contributed by atoms with Crippen LogP contribution in [-0.4, -0.2) is 12.5 Å². The Balaban J connectivity index is 1.52. The summed E-state index contributed by atoms with van der Waals surface area (Å²) in [7, 11) is 0. The number of aryl methyl sites for hydroxylation is 1. The number of hydrogen-bond donors (Lipinski definition) is 1. The highest BCUT2D eigenvalue weighted by atomic mass is 32.2. The summed E-state index contributed by atoms with van der Waals surface area (Å²) in [5, 5.41) is 2.99. The molecule has 4 aromatic carbocycles. The van der Waals surface area contributed by atoms with E-state index in [1.807, 2.05) is 73.7 Å². The SMILES string of the molecule is CCOc1ccc(C(=O)Nc2ccccc2Oc2ccccc2)cc1CSc1ccc(C)cc1. The second-order valence-corrected chi connectivity index (χ2v) is 8.77. The van der Waals surface area contributed by atoms with E-state index in [0.717, 1.165) is 11.3 Å². The van der Waals surface area contributed by atoms with E-state index in [9.17, 15) is 4.79 Å². The van der Waals surface area contributed by atoms with Crippen molar-refractivity contribution in [1.29, 1.82) is 0 Å². The molecule has 4 aromatic rings. The van der Waals surface area contributed by atoms with Gasteiger partial charge in [0.2, 0.25) is 0 Å². The standard InChI is InChI=1S/C29H27NO3S/c1-3-32-27-18-15-22(19-23(27)20-34-25-16-13-21(2)14-17-25)29(31)30-26-11-7-8-12-28(26)33-24-9-5-4-6-10-24/h4-19H,3,20H2,1-2H3,(H,30,31). The van der Waals surface area contributed by atoms with Crippen LogP contribution in [0.4, 0.5) is 5.69 Å². The summed E-state index contributed by atoms with van der Waals surface area (Å²) in [6.07, 6.45) is 0. The summed E-state index contributed by atoms with van der Waals surface area (Å²) in [6, 6.07) is 30.9. The summed E-state index contributed by atoms with van der Waals surface area (Å²) >= 11 is 1.72. The zero-order valence-electron chi connectivity index (χ0n) is 19.3. The molecule has 0 heterocycles. The van der Waals surface area contributed by atoms with E-state index in [1.54, 1.807) is 17.8 Å². The Hall–Kier alpha value is -3.70. The van der Waals surface area contributed by atoms with Gasteiger partial charge in [-0.25, -0.2) is 0 Å². The van der Waals surface area contributed by atoms with Crippen LogP contribution in [0, 0.1) is 6.92 Å². The molecule has 0 unspecified atom stereocenters. The number of para-hydroxylation sites is 3. The van der Waals surface area contributed by atoms with Crippen molar-refractivity contribution in [2.75, 3.05) is 11.9 Å². The van der Waals surface area contributed by atoms with Crippen LogP contribution in [0.25, 0.3) is 0 Å². The van der Waals surface area contributed by atoms with Crippen LogP contribution in [0.15, 0.2) is 102 Å². The molecule has 0 aliphatic carbocycles. The number of anilines is 1. The van der Waals surface area contributed by atoms with E-state index in [2.05, 4.69) is 36.5 Å². The molecule has 1 N–H and O–H groups in total. The Morgan fingerprint density at radius 1 is 0.853 bits per heavy atom. The van der Waals surface area contributed by atoms with Crippen molar-refractivity contribution in [3.05, 3.63) is 114 Å². The molecule has 34 heavy (non-hydrogen) atoms. The first-order valence-electron chi connectivity index (χ1n) is 11.2. The number of amides is 1. The number of nitrogens with one attached hydrogen (secondary N) is 1. The molecule has 172 valence electrons. The van der Waals surface area contributed by atoms with Crippen LogP contribution in [-0.2, 0) is 5.75 Å². The highest BCUT2D eigenvalue weighted by Crippen LogP contribution is 2.31. The van der Waals surface area contributed by atoms with Gasteiger partial charge in [-0.05, 0) is 68.4 Å². The Kier molecular flexibility index (Phi) is 7.89. The first kappa shape index (κ1) is 23.5. The van der Waals surface area contributed by atoms with Crippen LogP contribution >= 0.6 is 11.8 Å². The Morgan fingerprint density at radius 3 is 2.35 bits per heavy atom. The third kappa shape index (κ3) is 6.21. The second-order valence-electron chi connectivity index (χ2n) is 7.72. The molecule has 1 amide bonds. The van der Waals surface area contributed by atoms with Gasteiger partial charge in [0.05, 0.1) is 12.3 Å². The predicted octanol–water partition coefficient (Wildman–Crippen LogP) is 7.73. The van der Waals surface area contributed by atoms with Crippen LogP contribution in [0.3, 0.4) is 0 Å². The third-order valence-corrected chi connectivity index (χ3v) is 6.20. The Morgan fingerprint density at radius 2 is 1.59 bits per heavy atom. The van der Waals surface area contributed by atoms with Crippen molar-refractivity contribution in [1.82, 2.24) is 0 Å². The fourth-order valence-corrected chi connectivity index (χ4v) is 4.27. The lowest BCUT2D eigenvalue weighted by atomic mass is 10.1.